The maximum absolute atomic E-state index is 10.7. The Morgan fingerprint density at radius 1 is 1.54 bits per heavy atom. The van der Waals surface area contributed by atoms with Crippen molar-refractivity contribution in [3.05, 3.63) is 17.9 Å². The Balaban J connectivity index is 2.81. The van der Waals surface area contributed by atoms with Crippen molar-refractivity contribution in [3.63, 3.8) is 0 Å². The van der Waals surface area contributed by atoms with Crippen molar-refractivity contribution in [2.75, 3.05) is 0 Å². The molecule has 1 heterocycles. The average molecular weight is 204 g/mol. The van der Waals surface area contributed by atoms with Crippen LogP contribution in [-0.2, 0) is 11.0 Å². The van der Waals surface area contributed by atoms with Gasteiger partial charge in [0, 0.05) is 0 Å². The summed E-state index contributed by atoms with van der Waals surface area (Å²) >= 11 is 0. The number of rotatable bonds is 3. The van der Waals surface area contributed by atoms with Gasteiger partial charge in [-0.15, -0.1) is 0 Å². The van der Waals surface area contributed by atoms with E-state index < -0.39 is 7.60 Å². The molecule has 0 aliphatic heterocycles. The van der Waals surface area contributed by atoms with E-state index in [0.29, 0.717) is 5.92 Å². The standard InChI is InChI=1S/C8H13O4P/c1-6(2)3-7-4-8(12-5-7)13(9,10)11/h4-6H,3H2,1-2H3,(H2,9,10,11). The molecule has 0 unspecified atom stereocenters. The first kappa shape index (κ1) is 10.5. The van der Waals surface area contributed by atoms with Gasteiger partial charge in [0.1, 0.15) is 0 Å². The van der Waals surface area contributed by atoms with Crippen LogP contribution < -0.4 is 5.50 Å². The highest BCUT2D eigenvalue weighted by molar-refractivity contribution is 7.59. The molecule has 0 atom stereocenters. The zero-order chi connectivity index (χ0) is 10.1. The second-order valence-electron chi connectivity index (χ2n) is 3.44. The van der Waals surface area contributed by atoms with Gasteiger partial charge in [-0.25, -0.2) is 0 Å². The monoisotopic (exact) mass is 204 g/mol. The fourth-order valence-electron chi connectivity index (χ4n) is 1.09. The quantitative estimate of drug-likeness (QED) is 0.727. The molecule has 0 saturated heterocycles. The maximum atomic E-state index is 10.7. The maximum Gasteiger partial charge on any atom is 0.391 e. The van der Waals surface area contributed by atoms with Gasteiger partial charge in [0.05, 0.1) is 6.26 Å². The summed E-state index contributed by atoms with van der Waals surface area (Å²) in [4.78, 5) is 17.5. The molecule has 0 aromatic carbocycles. The zero-order valence-electron chi connectivity index (χ0n) is 7.60. The molecule has 1 aromatic heterocycles. The predicted molar refractivity (Wildman–Crippen MR) is 48.9 cm³/mol. The Morgan fingerprint density at radius 2 is 2.15 bits per heavy atom. The summed E-state index contributed by atoms with van der Waals surface area (Å²) in [5.74, 6) is 0.447. The van der Waals surface area contributed by atoms with E-state index >= 15 is 0 Å². The third-order valence-electron chi connectivity index (χ3n) is 1.57. The van der Waals surface area contributed by atoms with Crippen LogP contribution in [0.1, 0.15) is 19.4 Å². The van der Waals surface area contributed by atoms with E-state index in [4.69, 9.17) is 14.2 Å². The van der Waals surface area contributed by atoms with E-state index in [0.717, 1.165) is 12.0 Å². The number of hydrogen-bond acceptors (Lipinski definition) is 2. The summed E-state index contributed by atoms with van der Waals surface area (Å²) in [5.41, 5.74) is 0.580. The first-order chi connectivity index (χ1) is 5.89. The van der Waals surface area contributed by atoms with Crippen molar-refractivity contribution in [1.29, 1.82) is 0 Å². The number of furan rings is 1. The van der Waals surface area contributed by atoms with Gasteiger partial charge in [-0.1, -0.05) is 13.8 Å². The third-order valence-corrected chi connectivity index (χ3v) is 2.38. The van der Waals surface area contributed by atoms with Crippen molar-refractivity contribution >= 4 is 13.1 Å². The van der Waals surface area contributed by atoms with Gasteiger partial charge in [0.2, 0.25) is 5.50 Å². The summed E-state index contributed by atoms with van der Waals surface area (Å²) in [7, 11) is -4.21. The van der Waals surface area contributed by atoms with Crippen LogP contribution in [0.25, 0.3) is 0 Å². The van der Waals surface area contributed by atoms with Crippen LogP contribution in [0.15, 0.2) is 16.7 Å². The van der Waals surface area contributed by atoms with Crippen molar-refractivity contribution in [3.8, 4) is 0 Å². The van der Waals surface area contributed by atoms with Crippen molar-refractivity contribution in [2.24, 2.45) is 5.92 Å². The van der Waals surface area contributed by atoms with Crippen LogP contribution in [0, 0.1) is 5.92 Å². The highest BCUT2D eigenvalue weighted by atomic mass is 31.2. The van der Waals surface area contributed by atoms with E-state index in [2.05, 4.69) is 0 Å². The molecule has 2 N–H and O–H groups in total. The Bertz CT molecular complexity index is 323. The lowest BCUT2D eigenvalue weighted by Crippen LogP contribution is -1.99. The topological polar surface area (TPSA) is 70.7 Å². The fraction of sp³-hybridized carbons (Fsp3) is 0.500. The van der Waals surface area contributed by atoms with Gasteiger partial charge in [-0.05, 0) is 24.0 Å². The van der Waals surface area contributed by atoms with Gasteiger partial charge in [-0.3, -0.25) is 4.57 Å². The SMILES string of the molecule is CC(C)Cc1coc(P(=O)(O)O)c1. The molecule has 13 heavy (non-hydrogen) atoms. The van der Waals surface area contributed by atoms with Crippen LogP contribution in [-0.4, -0.2) is 9.79 Å². The van der Waals surface area contributed by atoms with Crippen LogP contribution in [0.4, 0.5) is 0 Å². The molecule has 0 saturated carbocycles. The van der Waals surface area contributed by atoms with E-state index in [9.17, 15) is 4.57 Å². The molecule has 0 spiro atoms. The number of hydrogen-bond donors (Lipinski definition) is 2. The molecule has 0 aliphatic carbocycles. The minimum atomic E-state index is -4.21. The third kappa shape index (κ3) is 2.99. The van der Waals surface area contributed by atoms with Gasteiger partial charge in [-0.2, -0.15) is 0 Å². The summed E-state index contributed by atoms with van der Waals surface area (Å²) in [5, 5.41) is 0. The van der Waals surface area contributed by atoms with Gasteiger partial charge < -0.3 is 14.2 Å². The lowest BCUT2D eigenvalue weighted by molar-refractivity contribution is 0.376. The molecule has 0 aliphatic rings. The van der Waals surface area contributed by atoms with Gasteiger partial charge in [0.15, 0.2) is 0 Å². The highest BCUT2D eigenvalue weighted by Crippen LogP contribution is 2.33. The smallest absolute Gasteiger partial charge is 0.391 e. The van der Waals surface area contributed by atoms with E-state index in [1.54, 1.807) is 0 Å². The summed E-state index contributed by atoms with van der Waals surface area (Å²) in [6, 6.07) is 1.42. The Morgan fingerprint density at radius 3 is 2.54 bits per heavy atom. The van der Waals surface area contributed by atoms with Crippen LogP contribution in [0.2, 0.25) is 0 Å². The van der Waals surface area contributed by atoms with Crippen molar-refractivity contribution < 1.29 is 18.8 Å². The first-order valence-electron chi connectivity index (χ1n) is 4.03. The minimum absolute atomic E-state index is 0.247. The predicted octanol–water partition coefficient (Wildman–Crippen LogP) is 1.28. The molecule has 0 amide bonds. The minimum Gasteiger partial charge on any atom is -0.456 e. The molecule has 0 bridgehead atoms. The molecule has 1 rings (SSSR count). The largest absolute Gasteiger partial charge is 0.456 e. The molecular formula is C8H13O4P. The second kappa shape index (κ2) is 3.66. The highest BCUT2D eigenvalue weighted by Gasteiger charge is 2.21. The lowest BCUT2D eigenvalue weighted by atomic mass is 10.1. The fourth-order valence-corrected chi connectivity index (χ4v) is 1.62. The van der Waals surface area contributed by atoms with E-state index in [1.165, 1.54) is 12.3 Å². The van der Waals surface area contributed by atoms with E-state index in [1.807, 2.05) is 13.8 Å². The second-order valence-corrected chi connectivity index (χ2v) is 4.96. The molecule has 1 aromatic rings. The van der Waals surface area contributed by atoms with Gasteiger partial charge in [0.25, 0.3) is 0 Å². The van der Waals surface area contributed by atoms with Gasteiger partial charge >= 0.3 is 7.60 Å². The molecule has 5 heteroatoms. The molecule has 0 fully saturated rings. The van der Waals surface area contributed by atoms with E-state index in [-0.39, 0.29) is 5.50 Å². The Hall–Kier alpha value is -0.570. The Kier molecular flexibility index (Phi) is 2.96. The Labute approximate surface area is 76.7 Å². The summed E-state index contributed by atoms with van der Waals surface area (Å²) in [6.07, 6.45) is 2.16. The molecule has 4 nitrogen and oxygen atoms in total. The van der Waals surface area contributed by atoms with Crippen molar-refractivity contribution in [2.45, 2.75) is 20.3 Å². The molecular weight excluding hydrogens is 191 g/mol. The van der Waals surface area contributed by atoms with Crippen LogP contribution in [0.3, 0.4) is 0 Å². The normalized spacial score (nSPS) is 12.4. The molecule has 74 valence electrons. The molecule has 0 radical (unpaired) electrons. The summed E-state index contributed by atoms with van der Waals surface area (Å²) < 4.78 is 15.5. The van der Waals surface area contributed by atoms with Crippen LogP contribution >= 0.6 is 7.60 Å². The lowest BCUT2D eigenvalue weighted by Gasteiger charge is -1.99. The average Bonchev–Trinajstić information content (AvgIpc) is 2.32. The first-order valence-corrected chi connectivity index (χ1v) is 5.64. The van der Waals surface area contributed by atoms with Crippen molar-refractivity contribution in [1.82, 2.24) is 0 Å². The summed E-state index contributed by atoms with van der Waals surface area (Å²) in [6.45, 7) is 4.06. The van der Waals surface area contributed by atoms with Crippen LogP contribution in [0.5, 0.6) is 0 Å². The zero-order valence-corrected chi connectivity index (χ0v) is 8.49.